The number of hydrogen-bond acceptors (Lipinski definition) is 8. The SMILES string of the molecule is CO[C@H]1/C=C/C[C@H](C)CS(=O)(NC(=O)N2CC(N3CCOCC3)C2)=NC(=O)c2ccc3c(c2)N(C[C@@H]2CC[C@H]21)C[C@@]1(CCCc2cc(C)ccc21)CO3. The number of carbonyl (C=O) groups excluding carboxylic acids is 2. The maximum atomic E-state index is 14.6. The molecule has 1 N–H and O–H groups in total. The van der Waals surface area contributed by atoms with Gasteiger partial charge in [0.15, 0.2) is 0 Å². The molecular formula is C41H55N5O6S. The van der Waals surface area contributed by atoms with Crippen LogP contribution in [0.2, 0.25) is 0 Å². The average Bonchev–Trinajstić information content (AvgIpc) is 3.25. The average molecular weight is 746 g/mol. The van der Waals surface area contributed by atoms with Gasteiger partial charge in [0.2, 0.25) is 0 Å². The molecule has 1 spiro atoms. The number of urea groups is 1. The highest BCUT2D eigenvalue weighted by molar-refractivity contribution is 7.92. The number of methoxy groups -OCH3 is 1. The van der Waals surface area contributed by atoms with Crippen LogP contribution in [0.5, 0.6) is 5.75 Å². The topological polar surface area (TPSA) is 113 Å². The summed E-state index contributed by atoms with van der Waals surface area (Å²) in [4.78, 5) is 34.0. The number of fused-ring (bicyclic) bond motifs is 4. The molecule has 2 aliphatic carbocycles. The van der Waals surface area contributed by atoms with Crippen LogP contribution in [0.4, 0.5) is 10.5 Å². The summed E-state index contributed by atoms with van der Waals surface area (Å²) in [5.41, 5.74) is 5.06. The number of allylic oxidation sites excluding steroid dienone is 1. The summed E-state index contributed by atoms with van der Waals surface area (Å²) >= 11 is 0. The minimum atomic E-state index is -3.47. The Morgan fingerprint density at radius 1 is 1.09 bits per heavy atom. The van der Waals surface area contributed by atoms with Gasteiger partial charge in [-0.2, -0.15) is 0 Å². The molecule has 3 amide bonds. The minimum absolute atomic E-state index is 0.0311. The molecule has 1 saturated carbocycles. The van der Waals surface area contributed by atoms with Crippen molar-refractivity contribution < 1.29 is 28.0 Å². The van der Waals surface area contributed by atoms with E-state index in [9.17, 15) is 13.8 Å². The maximum absolute atomic E-state index is 14.6. The van der Waals surface area contributed by atoms with E-state index in [0.29, 0.717) is 56.7 Å². The molecule has 8 rings (SSSR count). The number of ether oxygens (including phenoxy) is 3. The van der Waals surface area contributed by atoms with E-state index >= 15 is 0 Å². The Hall–Kier alpha value is -3.45. The predicted molar refractivity (Wildman–Crippen MR) is 206 cm³/mol. The van der Waals surface area contributed by atoms with Gasteiger partial charge < -0.3 is 24.0 Å². The Labute approximate surface area is 314 Å². The molecule has 4 aliphatic heterocycles. The second kappa shape index (κ2) is 15.0. The predicted octanol–water partition coefficient (Wildman–Crippen LogP) is 5.35. The molecule has 0 radical (unpaired) electrons. The molecule has 2 bridgehead atoms. The van der Waals surface area contributed by atoms with Gasteiger partial charge in [0.25, 0.3) is 5.91 Å². The van der Waals surface area contributed by atoms with E-state index in [0.717, 1.165) is 69.7 Å². The third kappa shape index (κ3) is 7.49. The van der Waals surface area contributed by atoms with E-state index in [2.05, 4.69) is 56.2 Å². The molecule has 2 aromatic carbocycles. The lowest BCUT2D eigenvalue weighted by atomic mass is 9.68. The molecule has 286 valence electrons. The molecule has 3 fully saturated rings. The molecule has 2 aromatic rings. The van der Waals surface area contributed by atoms with E-state index in [-0.39, 0.29) is 29.2 Å². The summed E-state index contributed by atoms with van der Waals surface area (Å²) in [6, 6.07) is 12.1. The fourth-order valence-corrected chi connectivity index (χ4v) is 11.4. The Balaban J connectivity index is 1.12. The molecule has 4 heterocycles. The molecule has 0 aromatic heterocycles. The molecule has 6 aliphatic rings. The van der Waals surface area contributed by atoms with Crippen molar-refractivity contribution in [2.75, 3.05) is 76.9 Å². The zero-order valence-corrected chi connectivity index (χ0v) is 32.3. The van der Waals surface area contributed by atoms with Crippen LogP contribution < -0.4 is 14.4 Å². The lowest BCUT2D eigenvalue weighted by Crippen LogP contribution is -2.64. The Morgan fingerprint density at radius 2 is 1.92 bits per heavy atom. The van der Waals surface area contributed by atoms with Crippen molar-refractivity contribution >= 4 is 27.5 Å². The molecule has 53 heavy (non-hydrogen) atoms. The second-order valence-electron chi connectivity index (χ2n) is 16.4. The van der Waals surface area contributed by atoms with Gasteiger partial charge >= 0.3 is 6.03 Å². The molecule has 2 saturated heterocycles. The lowest BCUT2D eigenvalue weighted by Gasteiger charge is -2.46. The van der Waals surface area contributed by atoms with Gasteiger partial charge in [0, 0.05) is 63.4 Å². The highest BCUT2D eigenvalue weighted by Gasteiger charge is 2.44. The Bertz CT molecular complexity index is 1860. The van der Waals surface area contributed by atoms with Crippen molar-refractivity contribution in [3.63, 3.8) is 0 Å². The van der Waals surface area contributed by atoms with Gasteiger partial charge in [-0.3, -0.25) is 14.4 Å². The number of nitrogens with one attached hydrogen (secondary N) is 1. The largest absolute Gasteiger partial charge is 0.490 e. The van der Waals surface area contributed by atoms with E-state index < -0.39 is 21.9 Å². The van der Waals surface area contributed by atoms with Crippen molar-refractivity contribution in [3.05, 3.63) is 70.8 Å². The van der Waals surface area contributed by atoms with Gasteiger partial charge in [-0.25, -0.2) is 9.00 Å². The summed E-state index contributed by atoms with van der Waals surface area (Å²) < 4.78 is 40.0. The number of carbonyl (C=O) groups is 2. The number of anilines is 1. The number of morpholine rings is 1. The van der Waals surface area contributed by atoms with Crippen molar-refractivity contribution in [3.8, 4) is 5.75 Å². The van der Waals surface area contributed by atoms with Crippen LogP contribution in [-0.2, 0) is 31.2 Å². The van der Waals surface area contributed by atoms with E-state index in [4.69, 9.17) is 14.2 Å². The van der Waals surface area contributed by atoms with Crippen LogP contribution in [0.15, 0.2) is 52.9 Å². The standard InChI is InChI=1S/C41H55N5O6S/c1-28-9-13-35-30(20-28)7-5-15-41(35)26-46-22-32-10-12-34(32)37(50-3)8-4-6-29(2)25-53(49,42-39(47)31-11-14-38(52-27-41)36(46)21-31)43-40(48)45-23-33(24-45)44-16-18-51-19-17-44/h4,8-9,11,13-14,20-21,29,32-34,37H,5-7,10,12,15-19,22-27H2,1-3H3,(H,42,43,47,48,49)/b8-4+/t29-,32-,34+,37-,41-,53?/m0/s1. The zero-order chi connectivity index (χ0) is 36.7. The summed E-state index contributed by atoms with van der Waals surface area (Å²) in [5.74, 6) is 0.881. The van der Waals surface area contributed by atoms with Crippen LogP contribution in [0.1, 0.15) is 66.1 Å². The number of hydrogen-bond donors (Lipinski definition) is 1. The van der Waals surface area contributed by atoms with Crippen molar-refractivity contribution in [1.29, 1.82) is 0 Å². The fourth-order valence-electron chi connectivity index (χ4n) is 9.52. The van der Waals surface area contributed by atoms with Crippen molar-refractivity contribution in [2.24, 2.45) is 22.1 Å². The number of aryl methyl sites for hydroxylation is 2. The number of benzene rings is 2. The first-order chi connectivity index (χ1) is 25.6. The molecule has 12 heteroatoms. The first-order valence-electron chi connectivity index (χ1n) is 19.6. The van der Waals surface area contributed by atoms with Gasteiger partial charge in [0.1, 0.15) is 15.7 Å². The number of likely N-dealkylation sites (tertiary alicyclic amines) is 1. The summed E-state index contributed by atoms with van der Waals surface area (Å²) in [5, 5.41) is 0. The Morgan fingerprint density at radius 3 is 2.70 bits per heavy atom. The van der Waals surface area contributed by atoms with E-state index in [1.807, 2.05) is 19.1 Å². The molecular weight excluding hydrogens is 691 g/mol. The number of rotatable bonds is 3. The monoisotopic (exact) mass is 745 g/mol. The van der Waals surface area contributed by atoms with Crippen molar-refractivity contribution in [2.45, 2.75) is 69.9 Å². The smallest absolute Gasteiger partial charge is 0.329 e. The quantitative estimate of drug-likeness (QED) is 0.419. The number of nitrogens with zero attached hydrogens (tertiary/aromatic N) is 4. The van der Waals surface area contributed by atoms with Crippen LogP contribution in [0, 0.1) is 24.7 Å². The fraction of sp³-hybridized carbons (Fsp3) is 0.610. The second-order valence-corrected chi connectivity index (χ2v) is 18.4. The van der Waals surface area contributed by atoms with Crippen LogP contribution >= 0.6 is 0 Å². The molecule has 11 nitrogen and oxygen atoms in total. The maximum Gasteiger partial charge on any atom is 0.329 e. The third-order valence-electron chi connectivity index (χ3n) is 12.7. The summed E-state index contributed by atoms with van der Waals surface area (Å²) in [6.45, 7) is 10.4. The Kier molecular flexibility index (Phi) is 10.3. The molecule has 6 atom stereocenters. The zero-order valence-electron chi connectivity index (χ0n) is 31.5. The van der Waals surface area contributed by atoms with Crippen LogP contribution in [0.25, 0.3) is 0 Å². The third-order valence-corrected chi connectivity index (χ3v) is 14.6. The minimum Gasteiger partial charge on any atom is -0.490 e. The number of amides is 3. The summed E-state index contributed by atoms with van der Waals surface area (Å²) in [7, 11) is -1.68. The highest BCUT2D eigenvalue weighted by atomic mass is 32.2. The highest BCUT2D eigenvalue weighted by Crippen LogP contribution is 2.47. The van der Waals surface area contributed by atoms with Crippen LogP contribution in [-0.4, -0.2) is 110 Å². The molecule has 1 unspecified atom stereocenters. The normalized spacial score (nSPS) is 32.9. The van der Waals surface area contributed by atoms with Crippen LogP contribution in [0.3, 0.4) is 0 Å². The van der Waals surface area contributed by atoms with E-state index in [1.54, 1.807) is 18.1 Å². The first-order valence-corrected chi connectivity index (χ1v) is 21.3. The van der Waals surface area contributed by atoms with Gasteiger partial charge in [-0.05, 0) is 92.5 Å². The van der Waals surface area contributed by atoms with Crippen molar-refractivity contribution in [1.82, 2.24) is 14.5 Å². The van der Waals surface area contributed by atoms with Gasteiger partial charge in [-0.15, -0.1) is 4.36 Å². The first kappa shape index (κ1) is 36.5. The van der Waals surface area contributed by atoms with Gasteiger partial charge in [-0.1, -0.05) is 42.8 Å². The summed E-state index contributed by atoms with van der Waals surface area (Å²) in [6.07, 6.45) is 10.3. The lowest BCUT2D eigenvalue weighted by molar-refractivity contribution is -0.0197. The van der Waals surface area contributed by atoms with Gasteiger partial charge in [0.05, 0.1) is 37.4 Å². The van der Waals surface area contributed by atoms with E-state index in [1.165, 1.54) is 16.7 Å².